The molecule has 3 unspecified atom stereocenters. The van der Waals surface area contributed by atoms with E-state index in [-0.39, 0.29) is 11.9 Å². The molecule has 3 atom stereocenters. The van der Waals surface area contributed by atoms with E-state index in [0.29, 0.717) is 22.0 Å². The third kappa shape index (κ3) is 2.64. The highest BCUT2D eigenvalue weighted by Crippen LogP contribution is 2.30. The van der Waals surface area contributed by atoms with Crippen molar-refractivity contribution in [2.75, 3.05) is 0 Å². The second-order valence-corrected chi connectivity index (χ2v) is 7.37. The molecule has 2 bridgehead atoms. The van der Waals surface area contributed by atoms with Gasteiger partial charge in [0, 0.05) is 28.7 Å². The molecule has 3 heterocycles. The number of hydrogen-bond donors (Lipinski definition) is 2. The Morgan fingerprint density at radius 3 is 2.82 bits per heavy atom. The fourth-order valence-corrected chi connectivity index (χ4v) is 4.28. The minimum atomic E-state index is -0.0166. The molecule has 0 spiro atoms. The van der Waals surface area contributed by atoms with Crippen LogP contribution in [0.5, 0.6) is 0 Å². The summed E-state index contributed by atoms with van der Waals surface area (Å²) in [6, 6.07) is 8.79. The van der Waals surface area contributed by atoms with Crippen molar-refractivity contribution in [1.82, 2.24) is 15.6 Å². The van der Waals surface area contributed by atoms with Crippen molar-refractivity contribution < 1.29 is 4.79 Å². The first kappa shape index (κ1) is 14.2. The molecule has 2 saturated heterocycles. The monoisotopic (exact) mass is 333 g/mol. The van der Waals surface area contributed by atoms with Crippen molar-refractivity contribution in [2.24, 2.45) is 0 Å². The minimum Gasteiger partial charge on any atom is -0.347 e. The van der Waals surface area contributed by atoms with Crippen LogP contribution >= 0.6 is 22.9 Å². The molecule has 1 amide bonds. The van der Waals surface area contributed by atoms with Crippen LogP contribution in [0.2, 0.25) is 5.02 Å². The zero-order chi connectivity index (χ0) is 15.1. The predicted molar refractivity (Wildman–Crippen MR) is 88.4 cm³/mol. The van der Waals surface area contributed by atoms with E-state index in [9.17, 15) is 4.79 Å². The maximum Gasteiger partial charge on any atom is 0.263 e. The Hall–Kier alpha value is -1.43. The van der Waals surface area contributed by atoms with Crippen LogP contribution in [0.4, 0.5) is 0 Å². The maximum absolute atomic E-state index is 12.4. The Morgan fingerprint density at radius 1 is 1.32 bits per heavy atom. The Labute approximate surface area is 137 Å². The van der Waals surface area contributed by atoms with E-state index in [1.807, 2.05) is 24.3 Å². The fraction of sp³-hybridized carbons (Fsp3) is 0.375. The van der Waals surface area contributed by atoms with Crippen LogP contribution in [0.25, 0.3) is 10.6 Å². The summed E-state index contributed by atoms with van der Waals surface area (Å²) in [5.74, 6) is -0.0166. The van der Waals surface area contributed by atoms with Crippen molar-refractivity contribution in [3.05, 3.63) is 40.4 Å². The number of carbonyl (C=O) groups excluding carboxylic acids is 1. The zero-order valence-corrected chi connectivity index (χ0v) is 13.5. The number of rotatable bonds is 3. The molecule has 2 fully saturated rings. The Morgan fingerprint density at radius 2 is 2.14 bits per heavy atom. The number of benzene rings is 1. The van der Waals surface area contributed by atoms with Crippen LogP contribution < -0.4 is 10.6 Å². The Balaban J connectivity index is 1.46. The standard InChI is InChI=1S/C16H16ClN3OS/c17-10-3-1-9(2-4-10)16-18-8-14(22-16)15(21)20-13-7-11-5-6-12(13)19-11/h1-4,8,11-13,19H,5-7H2,(H,20,21). The molecule has 4 nitrogen and oxygen atoms in total. The number of halogens is 1. The second-order valence-electron chi connectivity index (χ2n) is 5.90. The van der Waals surface area contributed by atoms with Crippen LogP contribution in [-0.4, -0.2) is 29.0 Å². The quantitative estimate of drug-likeness (QED) is 0.907. The van der Waals surface area contributed by atoms with Crippen molar-refractivity contribution in [1.29, 1.82) is 0 Å². The molecule has 4 rings (SSSR count). The van der Waals surface area contributed by atoms with Crippen molar-refractivity contribution in [3.8, 4) is 10.6 Å². The smallest absolute Gasteiger partial charge is 0.263 e. The van der Waals surface area contributed by atoms with Gasteiger partial charge in [-0.2, -0.15) is 0 Å². The van der Waals surface area contributed by atoms with Gasteiger partial charge in [-0.1, -0.05) is 23.7 Å². The largest absolute Gasteiger partial charge is 0.347 e. The number of nitrogens with one attached hydrogen (secondary N) is 2. The zero-order valence-electron chi connectivity index (χ0n) is 11.9. The maximum atomic E-state index is 12.4. The lowest BCUT2D eigenvalue weighted by Crippen LogP contribution is -2.42. The molecule has 2 aliphatic heterocycles. The summed E-state index contributed by atoms with van der Waals surface area (Å²) >= 11 is 7.31. The molecule has 2 aliphatic rings. The van der Waals surface area contributed by atoms with E-state index in [1.165, 1.54) is 17.8 Å². The van der Waals surface area contributed by atoms with Gasteiger partial charge >= 0.3 is 0 Å². The highest BCUT2D eigenvalue weighted by molar-refractivity contribution is 7.16. The van der Waals surface area contributed by atoms with E-state index in [2.05, 4.69) is 15.6 Å². The summed E-state index contributed by atoms with van der Waals surface area (Å²) in [5.41, 5.74) is 0.982. The van der Waals surface area contributed by atoms with E-state index in [4.69, 9.17) is 11.6 Å². The molecular formula is C16H16ClN3OS. The van der Waals surface area contributed by atoms with E-state index >= 15 is 0 Å². The highest BCUT2D eigenvalue weighted by atomic mass is 35.5. The summed E-state index contributed by atoms with van der Waals surface area (Å²) < 4.78 is 0. The first-order valence-electron chi connectivity index (χ1n) is 7.48. The van der Waals surface area contributed by atoms with Crippen LogP contribution in [0.15, 0.2) is 30.5 Å². The molecule has 0 aliphatic carbocycles. The van der Waals surface area contributed by atoms with Gasteiger partial charge in [0.2, 0.25) is 0 Å². The SMILES string of the molecule is O=C(NC1CC2CCC1N2)c1cnc(-c2ccc(Cl)cc2)s1. The Bertz CT molecular complexity index is 700. The van der Waals surface area contributed by atoms with Crippen LogP contribution in [-0.2, 0) is 0 Å². The summed E-state index contributed by atoms with van der Waals surface area (Å²) in [7, 11) is 0. The van der Waals surface area contributed by atoms with Crippen LogP contribution in [0.3, 0.4) is 0 Å². The van der Waals surface area contributed by atoms with Crippen molar-refractivity contribution in [2.45, 2.75) is 37.4 Å². The van der Waals surface area contributed by atoms with E-state index in [1.54, 1.807) is 6.20 Å². The minimum absolute atomic E-state index is 0.0166. The number of thiazole rings is 1. The van der Waals surface area contributed by atoms with E-state index in [0.717, 1.165) is 23.4 Å². The average molecular weight is 334 g/mol. The lowest BCUT2D eigenvalue weighted by molar-refractivity contribution is 0.0935. The van der Waals surface area contributed by atoms with Gasteiger partial charge in [-0.25, -0.2) is 4.98 Å². The topological polar surface area (TPSA) is 54.0 Å². The van der Waals surface area contributed by atoms with Gasteiger partial charge in [0.05, 0.1) is 6.20 Å². The van der Waals surface area contributed by atoms with Gasteiger partial charge in [0.25, 0.3) is 5.91 Å². The molecule has 2 N–H and O–H groups in total. The third-order valence-corrected chi connectivity index (χ3v) is 5.73. The van der Waals surface area contributed by atoms with Gasteiger partial charge in [-0.05, 0) is 31.4 Å². The van der Waals surface area contributed by atoms with Gasteiger partial charge in [0.1, 0.15) is 9.88 Å². The lowest BCUT2D eigenvalue weighted by atomic mass is 9.95. The normalized spacial score (nSPS) is 26.3. The summed E-state index contributed by atoms with van der Waals surface area (Å²) in [6.07, 6.45) is 5.09. The summed E-state index contributed by atoms with van der Waals surface area (Å²) in [6.45, 7) is 0. The molecule has 0 saturated carbocycles. The first-order chi connectivity index (χ1) is 10.7. The number of amides is 1. The van der Waals surface area contributed by atoms with Gasteiger partial charge in [-0.3, -0.25) is 4.79 Å². The predicted octanol–water partition coefficient (Wildman–Crippen LogP) is 3.09. The number of hydrogen-bond acceptors (Lipinski definition) is 4. The van der Waals surface area contributed by atoms with Gasteiger partial charge < -0.3 is 10.6 Å². The van der Waals surface area contributed by atoms with E-state index < -0.39 is 0 Å². The highest BCUT2D eigenvalue weighted by Gasteiger charge is 2.39. The third-order valence-electron chi connectivity index (χ3n) is 4.44. The molecule has 1 aromatic carbocycles. The fourth-order valence-electron chi connectivity index (χ4n) is 3.33. The Kier molecular flexibility index (Phi) is 3.64. The van der Waals surface area contributed by atoms with Crippen LogP contribution in [0.1, 0.15) is 28.9 Å². The van der Waals surface area contributed by atoms with Gasteiger partial charge in [0.15, 0.2) is 0 Å². The van der Waals surface area contributed by atoms with Crippen molar-refractivity contribution in [3.63, 3.8) is 0 Å². The number of aromatic nitrogens is 1. The number of fused-ring (bicyclic) bond motifs is 2. The van der Waals surface area contributed by atoms with Gasteiger partial charge in [-0.15, -0.1) is 11.3 Å². The van der Waals surface area contributed by atoms with Crippen LogP contribution in [0, 0.1) is 0 Å². The summed E-state index contributed by atoms with van der Waals surface area (Å²) in [5, 5.41) is 8.22. The molecular weight excluding hydrogens is 318 g/mol. The first-order valence-corrected chi connectivity index (χ1v) is 8.67. The summed E-state index contributed by atoms with van der Waals surface area (Å²) in [4.78, 5) is 17.4. The molecule has 2 aromatic rings. The number of nitrogens with zero attached hydrogens (tertiary/aromatic N) is 1. The molecule has 1 aromatic heterocycles. The molecule has 114 valence electrons. The molecule has 6 heteroatoms. The average Bonchev–Trinajstić information content (AvgIpc) is 3.24. The van der Waals surface area contributed by atoms with Crippen molar-refractivity contribution >= 4 is 28.8 Å². The lowest BCUT2D eigenvalue weighted by Gasteiger charge is -2.20. The molecule has 22 heavy (non-hydrogen) atoms. The number of carbonyl (C=O) groups is 1. The molecule has 0 radical (unpaired) electrons. The second kappa shape index (κ2) is 5.65.